The molecule has 0 aliphatic heterocycles. The Hall–Kier alpha value is -0.450. The molecule has 0 saturated heterocycles. The maximum atomic E-state index is 5.03. The number of hydrogen-bond donors (Lipinski definition) is 1. The second-order valence-electron chi connectivity index (χ2n) is 4.49. The van der Waals surface area contributed by atoms with Crippen LogP contribution in [0.15, 0.2) is 0 Å². The average Bonchev–Trinajstić information content (AvgIpc) is 2.68. The van der Waals surface area contributed by atoms with Crippen LogP contribution in [0.1, 0.15) is 48.7 Å². The van der Waals surface area contributed by atoms with Crippen molar-refractivity contribution in [1.29, 1.82) is 0 Å². The van der Waals surface area contributed by atoms with Gasteiger partial charge in [-0.15, -0.1) is 11.3 Å². The summed E-state index contributed by atoms with van der Waals surface area (Å²) in [6.45, 7) is 9.20. The lowest BCUT2D eigenvalue weighted by Crippen LogP contribution is -2.18. The number of nitrogens with one attached hydrogen (secondary N) is 1. The summed E-state index contributed by atoms with van der Waals surface area (Å²) in [7, 11) is 1.73. The van der Waals surface area contributed by atoms with Crippen molar-refractivity contribution in [3.05, 3.63) is 15.6 Å². The first-order chi connectivity index (χ1) is 8.19. The number of aryl methyl sites for hydroxylation is 1. The molecule has 0 aromatic carbocycles. The molecule has 17 heavy (non-hydrogen) atoms. The largest absolute Gasteiger partial charge is 0.383 e. The summed E-state index contributed by atoms with van der Waals surface area (Å²) in [5, 5.41) is 4.68. The fourth-order valence-corrected chi connectivity index (χ4v) is 2.98. The number of thiazole rings is 1. The highest BCUT2D eigenvalue weighted by Crippen LogP contribution is 2.25. The third-order valence-electron chi connectivity index (χ3n) is 2.55. The summed E-state index contributed by atoms with van der Waals surface area (Å²) in [4.78, 5) is 6.13. The monoisotopic (exact) mass is 256 g/mol. The maximum absolute atomic E-state index is 5.03. The predicted molar refractivity (Wildman–Crippen MR) is 73.8 cm³/mol. The molecule has 0 atom stereocenters. The molecule has 0 fully saturated rings. The SMILES string of the molecule is CCCc1nc(C(C)C)c(CNCCOC)s1. The van der Waals surface area contributed by atoms with Crippen molar-refractivity contribution in [3.8, 4) is 0 Å². The van der Waals surface area contributed by atoms with E-state index in [1.54, 1.807) is 7.11 Å². The van der Waals surface area contributed by atoms with Crippen LogP contribution in [0.3, 0.4) is 0 Å². The Balaban J connectivity index is 2.60. The second kappa shape index (κ2) is 7.80. The zero-order valence-electron chi connectivity index (χ0n) is 11.4. The highest BCUT2D eigenvalue weighted by molar-refractivity contribution is 7.11. The van der Waals surface area contributed by atoms with E-state index in [9.17, 15) is 0 Å². The minimum Gasteiger partial charge on any atom is -0.383 e. The first-order valence-corrected chi connectivity index (χ1v) is 7.18. The van der Waals surface area contributed by atoms with E-state index in [1.165, 1.54) is 22.0 Å². The molecule has 1 heterocycles. The normalized spacial score (nSPS) is 11.4. The first-order valence-electron chi connectivity index (χ1n) is 6.37. The summed E-state index contributed by atoms with van der Waals surface area (Å²) in [5.74, 6) is 0.510. The van der Waals surface area contributed by atoms with Gasteiger partial charge in [0.1, 0.15) is 0 Å². The molecule has 0 aliphatic carbocycles. The van der Waals surface area contributed by atoms with Crippen LogP contribution >= 0.6 is 11.3 Å². The van der Waals surface area contributed by atoms with Gasteiger partial charge in [0, 0.05) is 25.1 Å². The Morgan fingerprint density at radius 3 is 2.76 bits per heavy atom. The summed E-state index contributed by atoms with van der Waals surface area (Å²) in [5.41, 5.74) is 1.27. The Labute approximate surface area is 109 Å². The highest BCUT2D eigenvalue weighted by atomic mass is 32.1. The van der Waals surface area contributed by atoms with Gasteiger partial charge in [0.25, 0.3) is 0 Å². The Morgan fingerprint density at radius 2 is 2.18 bits per heavy atom. The zero-order valence-corrected chi connectivity index (χ0v) is 12.2. The number of ether oxygens (including phenoxy) is 1. The molecule has 0 saturated carbocycles. The van der Waals surface area contributed by atoms with Crippen molar-refractivity contribution in [2.24, 2.45) is 0 Å². The number of nitrogens with zero attached hydrogens (tertiary/aromatic N) is 1. The van der Waals surface area contributed by atoms with Crippen molar-refractivity contribution >= 4 is 11.3 Å². The molecule has 98 valence electrons. The van der Waals surface area contributed by atoms with E-state index in [1.807, 2.05) is 11.3 Å². The van der Waals surface area contributed by atoms with Crippen LogP contribution in [-0.4, -0.2) is 25.2 Å². The van der Waals surface area contributed by atoms with Crippen LogP contribution in [0, 0.1) is 0 Å². The molecule has 0 spiro atoms. The van der Waals surface area contributed by atoms with Gasteiger partial charge in [0.05, 0.1) is 17.3 Å². The third-order valence-corrected chi connectivity index (χ3v) is 3.68. The molecule has 0 amide bonds. The molecule has 0 bridgehead atoms. The minimum absolute atomic E-state index is 0.510. The highest BCUT2D eigenvalue weighted by Gasteiger charge is 2.13. The molecule has 1 aromatic rings. The number of hydrogen-bond acceptors (Lipinski definition) is 4. The van der Waals surface area contributed by atoms with Gasteiger partial charge in [0.2, 0.25) is 0 Å². The van der Waals surface area contributed by atoms with Crippen molar-refractivity contribution in [3.63, 3.8) is 0 Å². The van der Waals surface area contributed by atoms with E-state index >= 15 is 0 Å². The molecule has 3 nitrogen and oxygen atoms in total. The van der Waals surface area contributed by atoms with Crippen molar-refractivity contribution in [2.45, 2.75) is 46.1 Å². The van der Waals surface area contributed by atoms with Crippen LogP contribution in [0.25, 0.3) is 0 Å². The summed E-state index contributed by atoms with van der Waals surface area (Å²) in [6, 6.07) is 0. The van der Waals surface area contributed by atoms with Crippen molar-refractivity contribution < 1.29 is 4.74 Å². The van der Waals surface area contributed by atoms with Crippen molar-refractivity contribution in [1.82, 2.24) is 10.3 Å². The van der Waals surface area contributed by atoms with E-state index in [-0.39, 0.29) is 0 Å². The quantitative estimate of drug-likeness (QED) is 0.726. The van der Waals surface area contributed by atoms with Gasteiger partial charge < -0.3 is 10.1 Å². The number of aromatic nitrogens is 1. The Morgan fingerprint density at radius 1 is 1.41 bits per heavy atom. The lowest BCUT2D eigenvalue weighted by atomic mass is 10.1. The third kappa shape index (κ3) is 4.74. The number of rotatable bonds is 8. The van der Waals surface area contributed by atoms with Gasteiger partial charge in [-0.3, -0.25) is 0 Å². The van der Waals surface area contributed by atoms with Gasteiger partial charge in [-0.05, 0) is 18.8 Å². The van der Waals surface area contributed by atoms with Crippen LogP contribution in [0.5, 0.6) is 0 Å². The molecule has 1 rings (SSSR count). The van der Waals surface area contributed by atoms with Crippen LogP contribution in [0.4, 0.5) is 0 Å². The van der Waals surface area contributed by atoms with Crippen LogP contribution in [-0.2, 0) is 17.7 Å². The lowest BCUT2D eigenvalue weighted by Gasteiger charge is -2.06. The maximum Gasteiger partial charge on any atom is 0.0931 e. The van der Waals surface area contributed by atoms with Crippen LogP contribution in [0.2, 0.25) is 0 Å². The lowest BCUT2D eigenvalue weighted by molar-refractivity contribution is 0.199. The summed E-state index contributed by atoms with van der Waals surface area (Å²) in [6.07, 6.45) is 2.27. The molecule has 1 N–H and O–H groups in total. The molecular formula is C13H24N2OS. The first kappa shape index (κ1) is 14.6. The standard InChI is InChI=1S/C13H24N2OS/c1-5-6-12-15-13(10(2)3)11(17-12)9-14-7-8-16-4/h10,14H,5-9H2,1-4H3. The van der Waals surface area contributed by atoms with E-state index < -0.39 is 0 Å². The molecular weight excluding hydrogens is 232 g/mol. The molecule has 1 aromatic heterocycles. The Bertz CT molecular complexity index is 323. The molecule has 4 heteroatoms. The average molecular weight is 256 g/mol. The second-order valence-corrected chi connectivity index (χ2v) is 5.66. The van der Waals surface area contributed by atoms with Crippen molar-refractivity contribution in [2.75, 3.05) is 20.3 Å². The van der Waals surface area contributed by atoms with E-state index in [0.717, 1.165) is 26.1 Å². The van der Waals surface area contributed by atoms with Crippen LogP contribution < -0.4 is 5.32 Å². The van der Waals surface area contributed by atoms with Gasteiger partial charge in [-0.1, -0.05) is 20.8 Å². The van der Waals surface area contributed by atoms with Gasteiger partial charge in [-0.2, -0.15) is 0 Å². The minimum atomic E-state index is 0.510. The summed E-state index contributed by atoms with van der Waals surface area (Å²) >= 11 is 1.86. The molecule has 0 radical (unpaired) electrons. The number of methoxy groups -OCH3 is 1. The molecule has 0 aliphatic rings. The van der Waals surface area contributed by atoms with E-state index in [2.05, 4.69) is 26.1 Å². The fraction of sp³-hybridized carbons (Fsp3) is 0.769. The Kier molecular flexibility index (Phi) is 6.70. The smallest absolute Gasteiger partial charge is 0.0931 e. The summed E-state index contributed by atoms with van der Waals surface area (Å²) < 4.78 is 5.03. The topological polar surface area (TPSA) is 34.2 Å². The van der Waals surface area contributed by atoms with E-state index in [0.29, 0.717) is 5.92 Å². The predicted octanol–water partition coefficient (Wildman–Crippen LogP) is 2.96. The van der Waals surface area contributed by atoms with Gasteiger partial charge in [0.15, 0.2) is 0 Å². The van der Waals surface area contributed by atoms with E-state index in [4.69, 9.17) is 9.72 Å². The van der Waals surface area contributed by atoms with Gasteiger partial charge in [-0.25, -0.2) is 4.98 Å². The fourth-order valence-electron chi connectivity index (χ4n) is 1.69. The zero-order chi connectivity index (χ0) is 12.7. The van der Waals surface area contributed by atoms with Gasteiger partial charge >= 0.3 is 0 Å². The molecule has 0 unspecified atom stereocenters.